The zero-order valence-corrected chi connectivity index (χ0v) is 15.9. The van der Waals surface area contributed by atoms with Gasteiger partial charge in [0.15, 0.2) is 0 Å². The van der Waals surface area contributed by atoms with Crippen LogP contribution in [0.25, 0.3) is 0 Å². The second kappa shape index (κ2) is 8.75. The number of hydroxylamine groups is 1. The summed E-state index contributed by atoms with van der Waals surface area (Å²) in [4.78, 5) is 18.9. The molecule has 0 aromatic heterocycles. The number of carbonyl (C=O) groups is 1. The van der Waals surface area contributed by atoms with E-state index < -0.39 is 10.0 Å². The number of likely N-dealkylation sites (tertiary alicyclic amines) is 1. The van der Waals surface area contributed by atoms with Crippen molar-refractivity contribution in [1.29, 1.82) is 0 Å². The molecule has 1 aliphatic heterocycles. The lowest BCUT2D eigenvalue weighted by molar-refractivity contribution is -0.905. The van der Waals surface area contributed by atoms with Gasteiger partial charge in [0, 0.05) is 31.5 Å². The Hall–Kier alpha value is -1.48. The molecule has 25 heavy (non-hydrogen) atoms. The van der Waals surface area contributed by atoms with Crippen LogP contribution in [0.1, 0.15) is 36.5 Å². The summed E-state index contributed by atoms with van der Waals surface area (Å²) in [6.45, 7) is 5.48. The molecule has 1 heterocycles. The Morgan fingerprint density at radius 1 is 1.36 bits per heavy atom. The third kappa shape index (κ3) is 5.01. The maximum Gasteiger partial charge on any atom is 0.264 e. The van der Waals surface area contributed by atoms with E-state index in [9.17, 15) is 13.2 Å². The number of rotatable bonds is 7. The Morgan fingerprint density at radius 3 is 2.64 bits per heavy atom. The van der Waals surface area contributed by atoms with Crippen molar-refractivity contribution >= 4 is 15.9 Å². The Labute approximate surface area is 149 Å². The van der Waals surface area contributed by atoms with Gasteiger partial charge in [-0.3, -0.25) is 9.63 Å². The highest BCUT2D eigenvalue weighted by atomic mass is 32.2. The molecule has 0 aliphatic carbocycles. The lowest BCUT2D eigenvalue weighted by Gasteiger charge is -2.29. The molecule has 1 aromatic rings. The van der Waals surface area contributed by atoms with Crippen molar-refractivity contribution in [3.05, 3.63) is 29.8 Å². The highest BCUT2D eigenvalue weighted by Crippen LogP contribution is 2.16. The SMILES string of the molecule is CCC[NH+]1CCC(NC(=O)c2cccc(S(=O)(=O)N(C)OC)c2)CC1. The number of hydrogen-bond donors (Lipinski definition) is 2. The molecule has 1 amide bonds. The smallest absolute Gasteiger partial charge is 0.264 e. The summed E-state index contributed by atoms with van der Waals surface area (Å²) < 4.78 is 25.4. The van der Waals surface area contributed by atoms with Crippen LogP contribution in [0.2, 0.25) is 0 Å². The van der Waals surface area contributed by atoms with E-state index in [0.29, 0.717) is 5.56 Å². The van der Waals surface area contributed by atoms with E-state index in [1.165, 1.54) is 39.3 Å². The minimum atomic E-state index is -3.76. The topological polar surface area (TPSA) is 80.2 Å². The number of benzene rings is 1. The third-order valence-electron chi connectivity index (χ3n) is 4.62. The molecule has 1 saturated heterocycles. The molecule has 2 N–H and O–H groups in total. The molecule has 1 aromatic carbocycles. The van der Waals surface area contributed by atoms with Gasteiger partial charge in [0.2, 0.25) is 0 Å². The van der Waals surface area contributed by atoms with Crippen LogP contribution in [0.15, 0.2) is 29.2 Å². The molecule has 0 atom stereocenters. The minimum absolute atomic E-state index is 0.0340. The fourth-order valence-electron chi connectivity index (χ4n) is 3.09. The molecule has 1 fully saturated rings. The number of quaternary nitrogens is 1. The molecule has 1 aliphatic rings. The standard InChI is InChI=1S/C17H27N3O4S/c1-4-10-20-11-8-15(9-12-20)18-17(21)14-6-5-7-16(13-14)25(22,23)19(2)24-3/h5-7,13,15H,4,8-12H2,1-3H3,(H,18,21)/p+1. The first-order valence-corrected chi connectivity index (χ1v) is 10.1. The summed E-state index contributed by atoms with van der Waals surface area (Å²) in [7, 11) is -1.17. The predicted octanol–water partition coefficient (Wildman–Crippen LogP) is 0.0556. The summed E-state index contributed by atoms with van der Waals surface area (Å²) in [6, 6.07) is 6.18. The van der Waals surface area contributed by atoms with Gasteiger partial charge in [0.25, 0.3) is 15.9 Å². The summed E-state index contributed by atoms with van der Waals surface area (Å²) in [5.41, 5.74) is 0.342. The monoisotopic (exact) mass is 370 g/mol. The molecule has 0 saturated carbocycles. The highest BCUT2D eigenvalue weighted by Gasteiger charge is 2.25. The molecule has 140 valence electrons. The second-order valence-electron chi connectivity index (χ2n) is 6.37. The summed E-state index contributed by atoms with van der Waals surface area (Å²) in [5, 5.41) is 3.03. The summed E-state index contributed by atoms with van der Waals surface area (Å²) in [5.74, 6) is -0.235. The van der Waals surface area contributed by atoms with Gasteiger partial charge in [-0.05, 0) is 24.6 Å². The summed E-state index contributed by atoms with van der Waals surface area (Å²) >= 11 is 0. The molecule has 2 rings (SSSR count). The lowest BCUT2D eigenvalue weighted by Crippen LogP contribution is -3.13. The molecule has 0 spiro atoms. The zero-order chi connectivity index (χ0) is 18.4. The van der Waals surface area contributed by atoms with E-state index in [0.717, 1.165) is 30.4 Å². The van der Waals surface area contributed by atoms with Gasteiger partial charge in [-0.25, -0.2) is 8.42 Å². The van der Waals surface area contributed by atoms with Crippen LogP contribution in [0.4, 0.5) is 0 Å². The van der Waals surface area contributed by atoms with Crippen LogP contribution in [-0.4, -0.2) is 58.6 Å². The van der Waals surface area contributed by atoms with Gasteiger partial charge in [-0.15, -0.1) is 0 Å². The van der Waals surface area contributed by atoms with E-state index in [1.807, 2.05) is 0 Å². The van der Waals surface area contributed by atoms with E-state index in [-0.39, 0.29) is 16.8 Å². The second-order valence-corrected chi connectivity index (χ2v) is 8.31. The van der Waals surface area contributed by atoms with Crippen molar-refractivity contribution in [3.8, 4) is 0 Å². The predicted molar refractivity (Wildman–Crippen MR) is 94.7 cm³/mol. The van der Waals surface area contributed by atoms with Crippen molar-refractivity contribution in [1.82, 2.24) is 9.79 Å². The largest absolute Gasteiger partial charge is 0.349 e. The molecular formula is C17H28N3O4S+. The van der Waals surface area contributed by atoms with Crippen LogP contribution in [0, 0.1) is 0 Å². The van der Waals surface area contributed by atoms with E-state index in [4.69, 9.17) is 4.84 Å². The normalized spacial score (nSPS) is 21.3. The van der Waals surface area contributed by atoms with Gasteiger partial charge in [0.1, 0.15) is 0 Å². The number of amides is 1. The Kier molecular flexibility index (Phi) is 6.95. The van der Waals surface area contributed by atoms with Gasteiger partial charge in [-0.1, -0.05) is 17.5 Å². The first-order valence-electron chi connectivity index (χ1n) is 8.66. The van der Waals surface area contributed by atoms with Crippen molar-refractivity contribution in [2.45, 2.75) is 37.1 Å². The summed E-state index contributed by atoms with van der Waals surface area (Å²) in [6.07, 6.45) is 3.07. The highest BCUT2D eigenvalue weighted by molar-refractivity contribution is 7.89. The van der Waals surface area contributed by atoms with Crippen LogP contribution in [-0.2, 0) is 14.9 Å². The number of hydrogen-bond acceptors (Lipinski definition) is 4. The fourth-order valence-corrected chi connectivity index (χ4v) is 4.11. The minimum Gasteiger partial charge on any atom is -0.349 e. The first-order chi connectivity index (χ1) is 11.9. The number of sulfonamides is 1. The molecule has 0 bridgehead atoms. The molecule has 8 heteroatoms. The number of nitrogens with one attached hydrogen (secondary N) is 2. The van der Waals surface area contributed by atoms with Crippen LogP contribution < -0.4 is 10.2 Å². The maximum atomic E-state index is 12.5. The van der Waals surface area contributed by atoms with Crippen molar-refractivity contribution in [2.75, 3.05) is 33.8 Å². The van der Waals surface area contributed by atoms with Crippen molar-refractivity contribution in [3.63, 3.8) is 0 Å². The molecule has 0 unspecified atom stereocenters. The van der Waals surface area contributed by atoms with Crippen LogP contribution >= 0.6 is 0 Å². The molecular weight excluding hydrogens is 342 g/mol. The van der Waals surface area contributed by atoms with Gasteiger partial charge in [0.05, 0.1) is 31.6 Å². The Bertz CT molecular complexity index is 685. The average molecular weight is 370 g/mol. The van der Waals surface area contributed by atoms with Crippen LogP contribution in [0.3, 0.4) is 0 Å². The zero-order valence-electron chi connectivity index (χ0n) is 15.1. The van der Waals surface area contributed by atoms with Crippen LogP contribution in [0.5, 0.6) is 0 Å². The molecule has 7 nitrogen and oxygen atoms in total. The van der Waals surface area contributed by atoms with Crippen molar-refractivity contribution in [2.24, 2.45) is 0 Å². The number of nitrogens with zero attached hydrogens (tertiary/aromatic N) is 1. The third-order valence-corrected chi connectivity index (χ3v) is 6.30. The van der Waals surface area contributed by atoms with E-state index in [2.05, 4.69) is 12.2 Å². The van der Waals surface area contributed by atoms with Gasteiger partial charge >= 0.3 is 0 Å². The number of carbonyl (C=O) groups excluding carboxylic acids is 1. The van der Waals surface area contributed by atoms with Crippen molar-refractivity contribution < 1.29 is 22.9 Å². The number of piperidine rings is 1. The van der Waals surface area contributed by atoms with Gasteiger partial charge in [-0.2, -0.15) is 0 Å². The Balaban J connectivity index is 2.02. The molecule has 0 radical (unpaired) electrons. The van der Waals surface area contributed by atoms with Gasteiger partial charge < -0.3 is 10.2 Å². The lowest BCUT2D eigenvalue weighted by atomic mass is 10.0. The Morgan fingerprint density at radius 2 is 2.04 bits per heavy atom. The first kappa shape index (κ1) is 19.8. The van der Waals surface area contributed by atoms with E-state index >= 15 is 0 Å². The fraction of sp³-hybridized carbons (Fsp3) is 0.588. The van der Waals surface area contributed by atoms with E-state index in [1.54, 1.807) is 17.0 Å². The maximum absolute atomic E-state index is 12.5. The average Bonchev–Trinajstić information content (AvgIpc) is 2.63. The quantitative estimate of drug-likeness (QED) is 0.665.